The number of amides is 1. The fraction of sp³-hybridized carbons (Fsp3) is 0.846. The van der Waals surface area contributed by atoms with Crippen LogP contribution >= 0.6 is 0 Å². The maximum Gasteiger partial charge on any atom is 0.222 e. The van der Waals surface area contributed by atoms with Crippen molar-refractivity contribution in [2.45, 2.75) is 51.4 Å². The number of likely N-dealkylation sites (tertiary alicyclic amines) is 1. The minimum absolute atomic E-state index is 0.194. The number of hydrogen-bond acceptors (Lipinski definition) is 2. The first-order valence-corrected chi connectivity index (χ1v) is 6.55. The van der Waals surface area contributed by atoms with E-state index in [0.29, 0.717) is 19.4 Å². The predicted octanol–water partition coefficient (Wildman–Crippen LogP) is 2.15. The van der Waals surface area contributed by atoms with Gasteiger partial charge < -0.3 is 4.90 Å². The zero-order valence-corrected chi connectivity index (χ0v) is 9.91. The molecule has 2 rings (SSSR count). The van der Waals surface area contributed by atoms with Gasteiger partial charge in [-0.3, -0.25) is 9.59 Å². The highest BCUT2D eigenvalue weighted by Crippen LogP contribution is 2.28. The van der Waals surface area contributed by atoms with E-state index in [9.17, 15) is 9.59 Å². The molecular weight excluding hydrogens is 202 g/mol. The Morgan fingerprint density at radius 1 is 1.25 bits per heavy atom. The topological polar surface area (TPSA) is 37.4 Å². The van der Waals surface area contributed by atoms with Crippen LogP contribution in [0.2, 0.25) is 0 Å². The first-order chi connectivity index (χ1) is 7.75. The molecule has 1 aliphatic heterocycles. The number of hydrogen-bond donors (Lipinski definition) is 0. The third kappa shape index (κ3) is 3.06. The van der Waals surface area contributed by atoms with Gasteiger partial charge in [-0.1, -0.05) is 25.7 Å². The van der Waals surface area contributed by atoms with Gasteiger partial charge in [-0.15, -0.1) is 0 Å². The molecule has 0 unspecified atom stereocenters. The van der Waals surface area contributed by atoms with Gasteiger partial charge in [-0.05, 0) is 18.8 Å². The molecule has 3 nitrogen and oxygen atoms in total. The number of carbonyl (C=O) groups is 2. The number of Topliss-reactive ketones (excluding diaryl/α,β-unsaturated/α-hetero) is 1. The van der Waals surface area contributed by atoms with Crippen LogP contribution in [-0.4, -0.2) is 29.7 Å². The largest absolute Gasteiger partial charge is 0.335 e. The molecule has 0 bridgehead atoms. The van der Waals surface area contributed by atoms with Gasteiger partial charge in [0.1, 0.15) is 0 Å². The molecule has 0 aromatic carbocycles. The van der Waals surface area contributed by atoms with E-state index in [0.717, 1.165) is 25.3 Å². The fourth-order valence-corrected chi connectivity index (χ4v) is 2.84. The number of rotatable bonds is 3. The van der Waals surface area contributed by atoms with Crippen molar-refractivity contribution in [1.29, 1.82) is 0 Å². The van der Waals surface area contributed by atoms with Gasteiger partial charge in [0.25, 0.3) is 0 Å². The molecule has 0 aromatic heterocycles. The molecule has 1 saturated heterocycles. The van der Waals surface area contributed by atoms with Gasteiger partial charge in [-0.2, -0.15) is 0 Å². The Labute approximate surface area is 97.2 Å². The summed E-state index contributed by atoms with van der Waals surface area (Å²) in [4.78, 5) is 24.9. The van der Waals surface area contributed by atoms with Crippen LogP contribution in [0.5, 0.6) is 0 Å². The molecule has 0 N–H and O–H groups in total. The Balaban J connectivity index is 1.72. The van der Waals surface area contributed by atoms with Gasteiger partial charge in [-0.25, -0.2) is 0 Å². The molecule has 16 heavy (non-hydrogen) atoms. The normalized spacial score (nSPS) is 22.8. The molecule has 1 heterocycles. The van der Waals surface area contributed by atoms with Crippen molar-refractivity contribution in [2.75, 3.05) is 13.1 Å². The molecule has 2 aliphatic rings. The van der Waals surface area contributed by atoms with Crippen LogP contribution in [-0.2, 0) is 9.59 Å². The summed E-state index contributed by atoms with van der Waals surface area (Å²) in [6.07, 6.45) is 8.46. The van der Waals surface area contributed by atoms with E-state index < -0.39 is 0 Å². The Kier molecular flexibility index (Phi) is 3.97. The lowest BCUT2D eigenvalue weighted by atomic mass is 10.0. The summed E-state index contributed by atoms with van der Waals surface area (Å²) in [5.74, 6) is 1.19. The summed E-state index contributed by atoms with van der Waals surface area (Å²) in [5.41, 5.74) is 0. The van der Waals surface area contributed by atoms with E-state index in [-0.39, 0.29) is 11.7 Å². The molecule has 0 aromatic rings. The standard InChI is InChI=1S/C13H21NO2/c15-12-6-3-9-14(10-12)13(16)8-7-11-4-1-2-5-11/h11H,1-10H2. The third-order valence-corrected chi connectivity index (χ3v) is 3.84. The van der Waals surface area contributed by atoms with E-state index >= 15 is 0 Å². The summed E-state index contributed by atoms with van der Waals surface area (Å²) in [6.45, 7) is 1.15. The SMILES string of the molecule is O=C1CCCN(C(=O)CCC2CCCC2)C1. The summed E-state index contributed by atoms with van der Waals surface area (Å²) in [6, 6.07) is 0. The van der Waals surface area contributed by atoms with Gasteiger partial charge >= 0.3 is 0 Å². The van der Waals surface area contributed by atoms with E-state index in [1.807, 2.05) is 0 Å². The van der Waals surface area contributed by atoms with Crippen molar-refractivity contribution in [2.24, 2.45) is 5.92 Å². The van der Waals surface area contributed by atoms with Crippen molar-refractivity contribution in [1.82, 2.24) is 4.90 Å². The van der Waals surface area contributed by atoms with Crippen molar-refractivity contribution in [3.8, 4) is 0 Å². The van der Waals surface area contributed by atoms with Crippen LogP contribution in [0.3, 0.4) is 0 Å². The average molecular weight is 223 g/mol. The second kappa shape index (κ2) is 5.46. The second-order valence-electron chi connectivity index (χ2n) is 5.15. The fourth-order valence-electron chi connectivity index (χ4n) is 2.84. The lowest BCUT2D eigenvalue weighted by molar-refractivity contribution is -0.137. The number of piperidine rings is 1. The van der Waals surface area contributed by atoms with Crippen molar-refractivity contribution < 1.29 is 9.59 Å². The summed E-state index contributed by atoms with van der Waals surface area (Å²) in [5, 5.41) is 0. The zero-order chi connectivity index (χ0) is 11.4. The first-order valence-electron chi connectivity index (χ1n) is 6.55. The summed E-state index contributed by atoms with van der Waals surface area (Å²) < 4.78 is 0. The highest BCUT2D eigenvalue weighted by molar-refractivity contribution is 5.87. The van der Waals surface area contributed by atoms with Crippen LogP contribution in [0.25, 0.3) is 0 Å². The van der Waals surface area contributed by atoms with Crippen molar-refractivity contribution in [3.63, 3.8) is 0 Å². The summed E-state index contributed by atoms with van der Waals surface area (Å²) in [7, 11) is 0. The minimum atomic E-state index is 0.194. The highest BCUT2D eigenvalue weighted by Gasteiger charge is 2.22. The number of carbonyl (C=O) groups excluding carboxylic acids is 2. The molecular formula is C13H21NO2. The number of ketones is 1. The Morgan fingerprint density at radius 2 is 2.00 bits per heavy atom. The second-order valence-corrected chi connectivity index (χ2v) is 5.15. The van der Waals surface area contributed by atoms with Crippen LogP contribution in [0, 0.1) is 5.92 Å². The van der Waals surface area contributed by atoms with E-state index in [1.54, 1.807) is 4.90 Å². The molecule has 2 fully saturated rings. The first kappa shape index (κ1) is 11.6. The van der Waals surface area contributed by atoms with Crippen LogP contribution in [0.1, 0.15) is 51.4 Å². The lowest BCUT2D eigenvalue weighted by Crippen LogP contribution is -2.40. The average Bonchev–Trinajstić information content (AvgIpc) is 2.78. The molecule has 1 aliphatic carbocycles. The van der Waals surface area contributed by atoms with Crippen LogP contribution < -0.4 is 0 Å². The zero-order valence-electron chi connectivity index (χ0n) is 9.91. The third-order valence-electron chi connectivity index (χ3n) is 3.84. The van der Waals surface area contributed by atoms with Gasteiger partial charge in [0.2, 0.25) is 5.91 Å². The molecule has 3 heteroatoms. The molecule has 0 atom stereocenters. The van der Waals surface area contributed by atoms with Crippen molar-refractivity contribution >= 4 is 11.7 Å². The number of nitrogens with zero attached hydrogens (tertiary/aromatic N) is 1. The van der Waals surface area contributed by atoms with Crippen molar-refractivity contribution in [3.05, 3.63) is 0 Å². The maximum atomic E-state index is 11.9. The van der Waals surface area contributed by atoms with E-state index in [1.165, 1.54) is 25.7 Å². The Morgan fingerprint density at radius 3 is 2.69 bits per heavy atom. The van der Waals surface area contributed by atoms with Crippen LogP contribution in [0.15, 0.2) is 0 Å². The molecule has 0 radical (unpaired) electrons. The van der Waals surface area contributed by atoms with Gasteiger partial charge in [0.15, 0.2) is 5.78 Å². The summed E-state index contributed by atoms with van der Waals surface area (Å²) >= 11 is 0. The lowest BCUT2D eigenvalue weighted by Gasteiger charge is -2.26. The molecule has 90 valence electrons. The Bertz CT molecular complexity index is 269. The molecule has 1 amide bonds. The molecule has 1 saturated carbocycles. The maximum absolute atomic E-state index is 11.9. The smallest absolute Gasteiger partial charge is 0.222 e. The monoisotopic (exact) mass is 223 g/mol. The van der Waals surface area contributed by atoms with E-state index in [4.69, 9.17) is 0 Å². The quantitative estimate of drug-likeness (QED) is 0.735. The van der Waals surface area contributed by atoms with E-state index in [2.05, 4.69) is 0 Å². The highest BCUT2D eigenvalue weighted by atomic mass is 16.2. The minimum Gasteiger partial charge on any atom is -0.335 e. The van der Waals surface area contributed by atoms with Gasteiger partial charge in [0, 0.05) is 19.4 Å². The van der Waals surface area contributed by atoms with Gasteiger partial charge in [0.05, 0.1) is 6.54 Å². The Hall–Kier alpha value is -0.860. The van der Waals surface area contributed by atoms with Crippen LogP contribution in [0.4, 0.5) is 0 Å². The molecule has 0 spiro atoms. The predicted molar refractivity (Wildman–Crippen MR) is 62.0 cm³/mol.